The number of methoxy groups -OCH3 is 1. The normalized spacial score (nSPS) is 30.7. The van der Waals surface area contributed by atoms with Crippen LogP contribution >= 0.6 is 0 Å². The fourth-order valence-corrected chi connectivity index (χ4v) is 9.15. The summed E-state index contributed by atoms with van der Waals surface area (Å²) in [6, 6.07) is 0. The largest absolute Gasteiger partial charge is 0.466 e. The smallest absolute Gasteiger partial charge is 0.330 e. The van der Waals surface area contributed by atoms with Crippen molar-refractivity contribution in [3.05, 3.63) is 11.6 Å². The summed E-state index contributed by atoms with van der Waals surface area (Å²) in [5, 5.41) is -0.345. The van der Waals surface area contributed by atoms with E-state index in [4.69, 9.17) is 31.6 Å². The van der Waals surface area contributed by atoms with Crippen molar-refractivity contribution in [1.82, 2.24) is 0 Å². The maximum absolute atomic E-state index is 12.4. The maximum atomic E-state index is 12.4. The predicted octanol–water partition coefficient (Wildman–Crippen LogP) is 9.50. The first-order valence-electron chi connectivity index (χ1n) is 19.6. The lowest BCUT2D eigenvalue weighted by atomic mass is 9.85. The Morgan fingerprint density at radius 3 is 1.83 bits per heavy atom. The molecule has 7 nitrogen and oxygen atoms in total. The molecule has 2 aliphatic rings. The minimum atomic E-state index is -2.94. The topological polar surface area (TPSA) is 75.8 Å². The van der Waals surface area contributed by atoms with Crippen LogP contribution in [0, 0.1) is 11.8 Å². The van der Waals surface area contributed by atoms with Gasteiger partial charge in [-0.3, -0.25) is 0 Å². The van der Waals surface area contributed by atoms with Gasteiger partial charge in [0, 0.05) is 30.9 Å². The second-order valence-electron chi connectivity index (χ2n) is 18.2. The summed E-state index contributed by atoms with van der Waals surface area (Å²) in [6.45, 7) is 34.0. The second kappa shape index (κ2) is 14.9. The monoisotopic (exact) mass is 705 g/mol. The van der Waals surface area contributed by atoms with Gasteiger partial charge in [-0.05, 0) is 81.0 Å². The van der Waals surface area contributed by atoms with Crippen LogP contribution in [0.2, 0.25) is 54.4 Å². The molecular formula is C36H72O7Si3. The van der Waals surface area contributed by atoms with E-state index in [-0.39, 0.29) is 51.9 Å². The lowest BCUT2D eigenvalue weighted by molar-refractivity contribution is -0.154. The predicted molar refractivity (Wildman–Crippen MR) is 198 cm³/mol. The second-order valence-corrected chi connectivity index (χ2v) is 32.5. The van der Waals surface area contributed by atoms with E-state index in [9.17, 15) is 7.54 Å². The SMILES string of the molecule is [2H]C([2H])([2H])/C(=C\C(=O)OC)C([2H])([2H])[C@@H]1OC[C@H](C[C@@H]2O[C@H]2[C@@H](C)[C@H](C)O[Si](C)(C)C(C)(C)C)[C@@H](O[Si](C)(C)C(C)(C)C)[C@H]1O[Si](C)(C)C(C)(C)C. The Bertz CT molecular complexity index is 1240. The Morgan fingerprint density at radius 1 is 0.870 bits per heavy atom. The van der Waals surface area contributed by atoms with Crippen molar-refractivity contribution in [2.45, 2.75) is 187 Å². The van der Waals surface area contributed by atoms with Gasteiger partial charge in [0.1, 0.15) is 0 Å². The molecule has 0 N–H and O–H groups in total. The zero-order valence-corrected chi connectivity index (χ0v) is 35.5. The quantitative estimate of drug-likeness (QED) is 0.0818. The van der Waals surface area contributed by atoms with Crippen LogP contribution < -0.4 is 0 Å². The van der Waals surface area contributed by atoms with Crippen LogP contribution in [0.4, 0.5) is 0 Å². The van der Waals surface area contributed by atoms with Crippen LogP contribution in [0.5, 0.6) is 0 Å². The first-order valence-corrected chi connectivity index (χ1v) is 25.9. The molecule has 2 rings (SSSR count). The van der Waals surface area contributed by atoms with E-state index >= 15 is 0 Å². The molecule has 0 saturated carbocycles. The molecular weight excluding hydrogens is 629 g/mol. The maximum Gasteiger partial charge on any atom is 0.330 e. The van der Waals surface area contributed by atoms with Crippen LogP contribution in [0.15, 0.2) is 11.6 Å². The van der Waals surface area contributed by atoms with E-state index in [0.717, 1.165) is 13.2 Å². The number of ether oxygens (including phenoxy) is 3. The van der Waals surface area contributed by atoms with Crippen LogP contribution in [0.3, 0.4) is 0 Å². The van der Waals surface area contributed by atoms with Gasteiger partial charge in [-0.1, -0.05) is 74.8 Å². The van der Waals surface area contributed by atoms with Gasteiger partial charge >= 0.3 is 5.97 Å². The number of hydrogen-bond donors (Lipinski definition) is 0. The Morgan fingerprint density at radius 2 is 1.37 bits per heavy atom. The third kappa shape index (κ3) is 10.6. The molecule has 0 aromatic heterocycles. The minimum Gasteiger partial charge on any atom is -0.466 e. The average molecular weight is 706 g/mol. The van der Waals surface area contributed by atoms with Crippen LogP contribution in [-0.4, -0.2) is 81.3 Å². The van der Waals surface area contributed by atoms with E-state index in [0.29, 0.717) is 6.42 Å². The molecule has 0 aromatic carbocycles. The molecule has 2 aliphatic heterocycles. The number of epoxide rings is 1. The number of carbonyl (C=O) groups is 1. The van der Waals surface area contributed by atoms with Crippen molar-refractivity contribution < 1.29 is 39.1 Å². The van der Waals surface area contributed by atoms with E-state index < -0.39 is 68.0 Å². The lowest BCUT2D eigenvalue weighted by Gasteiger charge is -2.51. The molecule has 2 heterocycles. The summed E-state index contributed by atoms with van der Waals surface area (Å²) in [7, 11) is -6.01. The highest BCUT2D eigenvalue weighted by molar-refractivity contribution is 6.75. The van der Waals surface area contributed by atoms with E-state index in [1.807, 2.05) is 0 Å². The fourth-order valence-electron chi connectivity index (χ4n) is 5.00. The van der Waals surface area contributed by atoms with Crippen molar-refractivity contribution >= 4 is 30.9 Å². The van der Waals surface area contributed by atoms with Gasteiger partial charge in [0.05, 0.1) is 44.2 Å². The van der Waals surface area contributed by atoms with Crippen LogP contribution in [0.1, 0.15) is 103 Å². The highest BCUT2D eigenvalue weighted by Crippen LogP contribution is 2.47. The third-order valence-corrected chi connectivity index (χ3v) is 25.0. The van der Waals surface area contributed by atoms with E-state index in [1.54, 1.807) is 0 Å². The molecule has 10 heteroatoms. The average Bonchev–Trinajstić information content (AvgIpc) is 3.68. The first-order chi connectivity index (χ1) is 22.5. The number of esters is 1. The Hall–Kier alpha value is -0.339. The van der Waals surface area contributed by atoms with E-state index in [2.05, 4.69) is 115 Å². The van der Waals surface area contributed by atoms with Gasteiger partial charge in [0.15, 0.2) is 25.0 Å². The van der Waals surface area contributed by atoms with Gasteiger partial charge in [0.2, 0.25) is 0 Å². The standard InChI is InChI=1S/C36H72O7Si3/c1-24(21-30(37)38-13)20-28-33(43-46(18,19)36(10,11)12)32(42-45(16,17)35(7,8)9)27(23-39-28)22-29-31(40-29)25(2)26(3)41-44(14,15)34(4,5)6/h21,25-29,31-33H,20,22-23H2,1-19H3/b24-21+/t25-,26-,27-,28-,29-,31-,32+,33-/m0/s1/i1D3,20D2. The Balaban J connectivity index is 2.65. The van der Waals surface area contributed by atoms with E-state index in [1.165, 1.54) is 0 Å². The van der Waals surface area contributed by atoms with Crippen molar-refractivity contribution in [3.8, 4) is 0 Å². The summed E-state index contributed by atoms with van der Waals surface area (Å²) in [5.41, 5.74) is -0.685. The van der Waals surface area contributed by atoms with Crippen molar-refractivity contribution in [2.24, 2.45) is 11.8 Å². The summed E-state index contributed by atoms with van der Waals surface area (Å²) in [6.07, 6.45) is -4.30. The van der Waals surface area contributed by atoms with Gasteiger partial charge in [-0.25, -0.2) is 4.79 Å². The highest BCUT2D eigenvalue weighted by atomic mass is 28.4. The summed E-state index contributed by atoms with van der Waals surface area (Å²) >= 11 is 0. The molecule has 270 valence electrons. The minimum absolute atomic E-state index is 0.00707. The van der Waals surface area contributed by atoms with Crippen molar-refractivity contribution in [3.63, 3.8) is 0 Å². The molecule has 0 radical (unpaired) electrons. The van der Waals surface area contributed by atoms with Gasteiger partial charge in [0.25, 0.3) is 0 Å². The molecule has 8 atom stereocenters. The molecule has 0 unspecified atom stereocenters. The van der Waals surface area contributed by atoms with Crippen LogP contribution in [0.25, 0.3) is 0 Å². The summed E-state index contributed by atoms with van der Waals surface area (Å²) < 4.78 is 82.2. The Kier molecular flexibility index (Phi) is 11.0. The zero-order valence-electron chi connectivity index (χ0n) is 37.5. The molecule has 0 aliphatic carbocycles. The van der Waals surface area contributed by atoms with Crippen LogP contribution in [-0.2, 0) is 32.3 Å². The number of carbonyl (C=O) groups excluding carboxylic acids is 1. The lowest BCUT2D eigenvalue weighted by Crippen LogP contribution is -2.61. The van der Waals surface area contributed by atoms with Gasteiger partial charge < -0.3 is 27.5 Å². The summed E-state index contributed by atoms with van der Waals surface area (Å²) in [5.74, 6) is -1.02. The van der Waals surface area contributed by atoms with Gasteiger partial charge in [-0.15, -0.1) is 0 Å². The first kappa shape index (κ1) is 34.1. The molecule has 0 amide bonds. The molecule has 2 fully saturated rings. The molecule has 46 heavy (non-hydrogen) atoms. The molecule has 2 saturated heterocycles. The van der Waals surface area contributed by atoms with Crippen molar-refractivity contribution in [1.29, 1.82) is 0 Å². The van der Waals surface area contributed by atoms with Gasteiger partial charge in [-0.2, -0.15) is 0 Å². The number of hydrogen-bond acceptors (Lipinski definition) is 7. The highest BCUT2D eigenvalue weighted by Gasteiger charge is 2.54. The molecule has 0 aromatic rings. The third-order valence-electron chi connectivity index (χ3n) is 11.5. The molecule has 0 spiro atoms. The van der Waals surface area contributed by atoms with Crippen molar-refractivity contribution in [2.75, 3.05) is 13.7 Å². The fraction of sp³-hybridized carbons (Fsp3) is 0.917. The zero-order chi connectivity index (χ0) is 40.1. The number of rotatable bonds is 13. The Labute approximate surface area is 293 Å². The molecule has 0 bridgehead atoms. The summed E-state index contributed by atoms with van der Waals surface area (Å²) in [4.78, 5) is 12.4.